The molecule has 0 aromatic carbocycles. The third kappa shape index (κ3) is 1.71. The molecule has 0 saturated heterocycles. The Kier molecular flexibility index (Phi) is 2.20. The van der Waals surface area contributed by atoms with Gasteiger partial charge in [0.2, 0.25) is 0 Å². The molecule has 1 saturated carbocycles. The molecular formula is C13H17N3S. The van der Waals surface area contributed by atoms with Crippen molar-refractivity contribution in [2.45, 2.75) is 40.2 Å². The normalized spacial score (nSPS) is 21.8. The lowest BCUT2D eigenvalue weighted by Crippen LogP contribution is -2.10. The second kappa shape index (κ2) is 3.42. The zero-order valence-corrected chi connectivity index (χ0v) is 11.5. The van der Waals surface area contributed by atoms with Gasteiger partial charge in [-0.15, -0.1) is 11.3 Å². The summed E-state index contributed by atoms with van der Waals surface area (Å²) in [4.78, 5) is 11.2. The average Bonchev–Trinajstić information content (AvgIpc) is 2.73. The van der Waals surface area contributed by atoms with E-state index in [9.17, 15) is 0 Å². The van der Waals surface area contributed by atoms with Gasteiger partial charge in [0.05, 0.1) is 5.39 Å². The molecule has 4 heteroatoms. The van der Waals surface area contributed by atoms with Gasteiger partial charge < -0.3 is 5.32 Å². The second-order valence-corrected chi connectivity index (χ2v) is 6.78. The number of anilines is 1. The highest BCUT2D eigenvalue weighted by molar-refractivity contribution is 7.18. The van der Waals surface area contributed by atoms with E-state index in [0.29, 0.717) is 11.5 Å². The summed E-state index contributed by atoms with van der Waals surface area (Å²) in [5.41, 5.74) is 1.72. The van der Waals surface area contributed by atoms with E-state index in [2.05, 4.69) is 43.0 Å². The monoisotopic (exact) mass is 247 g/mol. The predicted octanol–water partition coefficient (Wildman–Crippen LogP) is 3.52. The number of nitrogens with zero attached hydrogens (tertiary/aromatic N) is 2. The molecule has 17 heavy (non-hydrogen) atoms. The standard InChI is InChI=1S/C13H17N3S/c1-7-8(2)17-12-10(7)11(14-6-15-12)16-9-5-13(9,3)4/h6,9H,5H2,1-4H3,(H,14,15,16). The number of hydrogen-bond donors (Lipinski definition) is 1. The van der Waals surface area contributed by atoms with Gasteiger partial charge in [-0.25, -0.2) is 9.97 Å². The van der Waals surface area contributed by atoms with Gasteiger partial charge in [-0.05, 0) is 31.2 Å². The van der Waals surface area contributed by atoms with Gasteiger partial charge in [-0.2, -0.15) is 0 Å². The Labute approximate surface area is 105 Å². The summed E-state index contributed by atoms with van der Waals surface area (Å²) in [6, 6.07) is 0.556. The van der Waals surface area contributed by atoms with E-state index in [1.54, 1.807) is 17.7 Å². The fourth-order valence-electron chi connectivity index (χ4n) is 2.17. The number of rotatable bonds is 2. The summed E-state index contributed by atoms with van der Waals surface area (Å²) < 4.78 is 0. The highest BCUT2D eigenvalue weighted by atomic mass is 32.1. The molecule has 1 aliphatic rings. The fraction of sp³-hybridized carbons (Fsp3) is 0.538. The van der Waals surface area contributed by atoms with Gasteiger partial charge in [-0.3, -0.25) is 0 Å². The Balaban J connectivity index is 2.04. The van der Waals surface area contributed by atoms with Crippen molar-refractivity contribution in [2.24, 2.45) is 5.41 Å². The highest BCUT2D eigenvalue weighted by Gasteiger charge is 2.46. The zero-order valence-electron chi connectivity index (χ0n) is 10.7. The Morgan fingerprint density at radius 1 is 1.35 bits per heavy atom. The molecule has 3 rings (SSSR count). The quantitative estimate of drug-likeness (QED) is 0.882. The minimum Gasteiger partial charge on any atom is -0.366 e. The summed E-state index contributed by atoms with van der Waals surface area (Å²) in [6.45, 7) is 8.87. The van der Waals surface area contributed by atoms with E-state index in [4.69, 9.17) is 0 Å². The van der Waals surface area contributed by atoms with Crippen LogP contribution in [0.3, 0.4) is 0 Å². The van der Waals surface area contributed by atoms with Gasteiger partial charge >= 0.3 is 0 Å². The largest absolute Gasteiger partial charge is 0.366 e. The van der Waals surface area contributed by atoms with Gasteiger partial charge in [0, 0.05) is 10.9 Å². The van der Waals surface area contributed by atoms with Crippen molar-refractivity contribution in [1.29, 1.82) is 0 Å². The third-order valence-corrected chi connectivity index (χ3v) is 4.90. The molecule has 1 fully saturated rings. The molecule has 3 nitrogen and oxygen atoms in total. The molecular weight excluding hydrogens is 230 g/mol. The molecule has 1 N–H and O–H groups in total. The Hall–Kier alpha value is -1.16. The van der Waals surface area contributed by atoms with E-state index < -0.39 is 0 Å². The lowest BCUT2D eigenvalue weighted by atomic mass is 10.2. The highest BCUT2D eigenvalue weighted by Crippen LogP contribution is 2.47. The molecule has 1 unspecified atom stereocenters. The van der Waals surface area contributed by atoms with Crippen molar-refractivity contribution in [2.75, 3.05) is 5.32 Å². The molecule has 2 aromatic rings. The first-order chi connectivity index (χ1) is 7.99. The minimum atomic E-state index is 0.413. The fourth-order valence-corrected chi connectivity index (χ4v) is 3.17. The number of thiophene rings is 1. The van der Waals surface area contributed by atoms with E-state index in [1.807, 2.05) is 0 Å². The van der Waals surface area contributed by atoms with Crippen molar-refractivity contribution in [1.82, 2.24) is 9.97 Å². The van der Waals surface area contributed by atoms with Crippen molar-refractivity contribution < 1.29 is 0 Å². The van der Waals surface area contributed by atoms with E-state index in [1.165, 1.54) is 22.2 Å². The SMILES string of the molecule is Cc1sc2ncnc(NC3CC3(C)C)c2c1C. The first kappa shape index (κ1) is 11.0. The van der Waals surface area contributed by atoms with Crippen LogP contribution in [0.1, 0.15) is 30.7 Å². The Morgan fingerprint density at radius 3 is 2.71 bits per heavy atom. The Morgan fingerprint density at radius 2 is 2.06 bits per heavy atom. The third-order valence-electron chi connectivity index (χ3n) is 3.79. The summed E-state index contributed by atoms with van der Waals surface area (Å²) >= 11 is 1.75. The predicted molar refractivity (Wildman–Crippen MR) is 72.7 cm³/mol. The second-order valence-electron chi connectivity index (χ2n) is 5.58. The van der Waals surface area contributed by atoms with Gasteiger partial charge in [0.1, 0.15) is 17.0 Å². The minimum absolute atomic E-state index is 0.413. The first-order valence-electron chi connectivity index (χ1n) is 5.96. The van der Waals surface area contributed by atoms with E-state index >= 15 is 0 Å². The number of nitrogens with one attached hydrogen (secondary N) is 1. The van der Waals surface area contributed by atoms with Gasteiger partial charge in [0.15, 0.2) is 0 Å². The summed E-state index contributed by atoms with van der Waals surface area (Å²) in [5, 5.41) is 4.77. The van der Waals surface area contributed by atoms with Crippen LogP contribution in [0, 0.1) is 19.3 Å². The molecule has 0 spiro atoms. The average molecular weight is 247 g/mol. The lowest BCUT2D eigenvalue weighted by Gasteiger charge is -2.08. The molecule has 2 aromatic heterocycles. The van der Waals surface area contributed by atoms with Gasteiger partial charge in [0.25, 0.3) is 0 Å². The van der Waals surface area contributed by atoms with Crippen LogP contribution in [0.4, 0.5) is 5.82 Å². The maximum Gasteiger partial charge on any atom is 0.138 e. The molecule has 0 bridgehead atoms. The van der Waals surface area contributed by atoms with Crippen molar-refractivity contribution >= 4 is 27.4 Å². The van der Waals surface area contributed by atoms with Crippen LogP contribution >= 0.6 is 11.3 Å². The van der Waals surface area contributed by atoms with E-state index in [0.717, 1.165) is 10.6 Å². The molecule has 1 atom stereocenters. The van der Waals surface area contributed by atoms with Crippen LogP contribution in [0.25, 0.3) is 10.2 Å². The number of fused-ring (bicyclic) bond motifs is 1. The molecule has 0 aliphatic heterocycles. The van der Waals surface area contributed by atoms with Crippen LogP contribution in [-0.2, 0) is 0 Å². The van der Waals surface area contributed by atoms with Gasteiger partial charge in [-0.1, -0.05) is 13.8 Å². The summed E-state index contributed by atoms with van der Waals surface area (Å²) in [6.07, 6.45) is 2.89. The van der Waals surface area contributed by atoms with Crippen LogP contribution in [0.2, 0.25) is 0 Å². The van der Waals surface area contributed by atoms with Crippen LogP contribution in [-0.4, -0.2) is 16.0 Å². The van der Waals surface area contributed by atoms with Crippen LogP contribution < -0.4 is 5.32 Å². The zero-order chi connectivity index (χ0) is 12.2. The molecule has 0 radical (unpaired) electrons. The molecule has 0 amide bonds. The summed E-state index contributed by atoms with van der Waals surface area (Å²) in [7, 11) is 0. The van der Waals surface area contributed by atoms with Crippen LogP contribution in [0.5, 0.6) is 0 Å². The van der Waals surface area contributed by atoms with E-state index in [-0.39, 0.29) is 0 Å². The Bertz CT molecular complexity index is 586. The maximum absolute atomic E-state index is 4.41. The molecule has 90 valence electrons. The maximum atomic E-state index is 4.41. The summed E-state index contributed by atoms with van der Waals surface area (Å²) in [5.74, 6) is 1.01. The lowest BCUT2D eigenvalue weighted by molar-refractivity contribution is 0.630. The number of aryl methyl sites for hydroxylation is 2. The van der Waals surface area contributed by atoms with Crippen molar-refractivity contribution in [3.8, 4) is 0 Å². The molecule has 1 aliphatic carbocycles. The smallest absolute Gasteiger partial charge is 0.138 e. The van der Waals surface area contributed by atoms with Crippen LogP contribution in [0.15, 0.2) is 6.33 Å². The van der Waals surface area contributed by atoms with Crippen molar-refractivity contribution in [3.63, 3.8) is 0 Å². The number of aromatic nitrogens is 2. The number of hydrogen-bond acceptors (Lipinski definition) is 4. The van der Waals surface area contributed by atoms with Crippen molar-refractivity contribution in [3.05, 3.63) is 16.8 Å². The topological polar surface area (TPSA) is 37.8 Å². The molecule has 2 heterocycles. The first-order valence-corrected chi connectivity index (χ1v) is 6.78.